The molecular weight excluding hydrogens is 249 g/mol. The van der Waals surface area contributed by atoms with Crippen LogP contribution in [0.2, 0.25) is 0 Å². The van der Waals surface area contributed by atoms with Gasteiger partial charge in [0.25, 0.3) is 0 Å². The molecule has 2 aromatic carbocycles. The SMILES string of the molecule is CNCc1ccc(-c2c(C)c(C)cc(C)c2C)cc1F. The lowest BCUT2D eigenvalue weighted by Gasteiger charge is -2.16. The summed E-state index contributed by atoms with van der Waals surface area (Å²) in [5, 5.41) is 2.99. The Morgan fingerprint density at radius 1 is 0.950 bits per heavy atom. The maximum Gasteiger partial charge on any atom is 0.128 e. The van der Waals surface area contributed by atoms with Crippen LogP contribution in [-0.2, 0) is 6.54 Å². The Hall–Kier alpha value is -1.67. The van der Waals surface area contributed by atoms with Crippen LogP contribution in [0.5, 0.6) is 0 Å². The molecule has 1 nitrogen and oxygen atoms in total. The van der Waals surface area contributed by atoms with E-state index in [9.17, 15) is 4.39 Å². The first-order valence-corrected chi connectivity index (χ1v) is 6.96. The van der Waals surface area contributed by atoms with Crippen LogP contribution >= 0.6 is 0 Å². The molecule has 0 radical (unpaired) electrons. The molecule has 0 bridgehead atoms. The molecule has 0 fully saturated rings. The van der Waals surface area contributed by atoms with Gasteiger partial charge in [0.05, 0.1) is 0 Å². The van der Waals surface area contributed by atoms with E-state index >= 15 is 0 Å². The van der Waals surface area contributed by atoms with Gasteiger partial charge in [-0.05, 0) is 74.2 Å². The summed E-state index contributed by atoms with van der Waals surface area (Å²) in [6.07, 6.45) is 0. The monoisotopic (exact) mass is 271 g/mol. The van der Waals surface area contributed by atoms with Crippen LogP contribution < -0.4 is 5.32 Å². The second-order valence-corrected chi connectivity index (χ2v) is 5.47. The third-order valence-corrected chi connectivity index (χ3v) is 4.07. The van der Waals surface area contributed by atoms with E-state index in [0.717, 1.165) is 11.1 Å². The van der Waals surface area contributed by atoms with Crippen LogP contribution in [-0.4, -0.2) is 7.05 Å². The van der Waals surface area contributed by atoms with Crippen LogP contribution in [0.3, 0.4) is 0 Å². The molecule has 0 aliphatic heterocycles. The van der Waals surface area contributed by atoms with E-state index in [-0.39, 0.29) is 5.82 Å². The summed E-state index contributed by atoms with van der Waals surface area (Å²) in [5.74, 6) is -0.144. The number of halogens is 1. The Morgan fingerprint density at radius 3 is 2.05 bits per heavy atom. The highest BCUT2D eigenvalue weighted by molar-refractivity contribution is 5.73. The third kappa shape index (κ3) is 2.61. The van der Waals surface area contributed by atoms with Crippen molar-refractivity contribution in [1.82, 2.24) is 5.32 Å². The van der Waals surface area contributed by atoms with Crippen molar-refractivity contribution < 1.29 is 4.39 Å². The Balaban J connectivity index is 2.60. The normalized spacial score (nSPS) is 10.9. The molecule has 20 heavy (non-hydrogen) atoms. The molecule has 0 atom stereocenters. The highest BCUT2D eigenvalue weighted by Crippen LogP contribution is 2.32. The van der Waals surface area contributed by atoms with E-state index in [2.05, 4.69) is 39.1 Å². The fraction of sp³-hybridized carbons (Fsp3) is 0.333. The molecule has 0 saturated heterocycles. The summed E-state index contributed by atoms with van der Waals surface area (Å²) in [7, 11) is 1.82. The van der Waals surface area contributed by atoms with Gasteiger partial charge in [-0.2, -0.15) is 0 Å². The van der Waals surface area contributed by atoms with Gasteiger partial charge >= 0.3 is 0 Å². The number of rotatable bonds is 3. The van der Waals surface area contributed by atoms with Crippen molar-refractivity contribution in [3.63, 3.8) is 0 Å². The van der Waals surface area contributed by atoms with Crippen molar-refractivity contribution in [2.45, 2.75) is 34.2 Å². The van der Waals surface area contributed by atoms with Gasteiger partial charge in [0.1, 0.15) is 5.82 Å². The van der Waals surface area contributed by atoms with E-state index in [0.29, 0.717) is 12.1 Å². The van der Waals surface area contributed by atoms with Crippen molar-refractivity contribution in [1.29, 1.82) is 0 Å². The summed E-state index contributed by atoms with van der Waals surface area (Å²) in [6, 6.07) is 7.74. The van der Waals surface area contributed by atoms with Gasteiger partial charge in [-0.25, -0.2) is 4.39 Å². The quantitative estimate of drug-likeness (QED) is 0.870. The molecule has 1 N–H and O–H groups in total. The Morgan fingerprint density at radius 2 is 1.55 bits per heavy atom. The highest BCUT2D eigenvalue weighted by atomic mass is 19.1. The van der Waals surface area contributed by atoms with Crippen LogP contribution in [0, 0.1) is 33.5 Å². The van der Waals surface area contributed by atoms with Crippen LogP contribution in [0.1, 0.15) is 27.8 Å². The molecule has 0 amide bonds. The van der Waals surface area contributed by atoms with E-state index in [1.807, 2.05) is 19.2 Å². The summed E-state index contributed by atoms with van der Waals surface area (Å²) >= 11 is 0. The fourth-order valence-corrected chi connectivity index (χ4v) is 2.69. The van der Waals surface area contributed by atoms with Crippen LogP contribution in [0.4, 0.5) is 4.39 Å². The standard InChI is InChI=1S/C18H22FN/c1-11-8-12(2)14(4)18(13(11)3)15-6-7-16(10-20-5)17(19)9-15/h6-9,20H,10H2,1-5H3. The van der Waals surface area contributed by atoms with Crippen LogP contribution in [0.15, 0.2) is 24.3 Å². The minimum atomic E-state index is -0.144. The van der Waals surface area contributed by atoms with Crippen molar-refractivity contribution >= 4 is 0 Å². The highest BCUT2D eigenvalue weighted by Gasteiger charge is 2.12. The Kier molecular flexibility index (Phi) is 4.24. The minimum absolute atomic E-state index is 0.144. The maximum atomic E-state index is 14.1. The average Bonchev–Trinajstić information content (AvgIpc) is 2.40. The minimum Gasteiger partial charge on any atom is -0.316 e. The summed E-state index contributed by atoms with van der Waals surface area (Å²) < 4.78 is 14.1. The Labute approximate surface area is 120 Å². The van der Waals surface area contributed by atoms with Gasteiger partial charge in [-0.1, -0.05) is 18.2 Å². The van der Waals surface area contributed by atoms with Gasteiger partial charge in [-0.3, -0.25) is 0 Å². The summed E-state index contributed by atoms with van der Waals surface area (Å²) in [4.78, 5) is 0. The fourth-order valence-electron chi connectivity index (χ4n) is 2.69. The van der Waals surface area contributed by atoms with E-state index in [4.69, 9.17) is 0 Å². The van der Waals surface area contributed by atoms with Gasteiger partial charge in [-0.15, -0.1) is 0 Å². The molecule has 2 aromatic rings. The van der Waals surface area contributed by atoms with Gasteiger partial charge in [0.2, 0.25) is 0 Å². The molecular formula is C18H22FN. The van der Waals surface area contributed by atoms with Crippen LogP contribution in [0.25, 0.3) is 11.1 Å². The van der Waals surface area contributed by atoms with E-state index in [1.54, 1.807) is 6.07 Å². The summed E-state index contributed by atoms with van der Waals surface area (Å²) in [5.41, 5.74) is 7.80. The lowest BCUT2D eigenvalue weighted by molar-refractivity contribution is 0.601. The molecule has 106 valence electrons. The lowest BCUT2D eigenvalue weighted by atomic mass is 9.89. The second-order valence-electron chi connectivity index (χ2n) is 5.47. The van der Waals surface area contributed by atoms with Gasteiger partial charge in [0.15, 0.2) is 0 Å². The molecule has 0 aliphatic carbocycles. The topological polar surface area (TPSA) is 12.0 Å². The predicted molar refractivity (Wildman–Crippen MR) is 83.5 cm³/mol. The summed E-state index contributed by atoms with van der Waals surface area (Å²) in [6.45, 7) is 8.98. The van der Waals surface area contributed by atoms with Crippen molar-refractivity contribution in [3.05, 3.63) is 57.9 Å². The molecule has 0 saturated carbocycles. The predicted octanol–water partition coefficient (Wildman–Crippen LogP) is 4.45. The molecule has 0 spiro atoms. The van der Waals surface area contributed by atoms with Gasteiger partial charge in [0, 0.05) is 12.1 Å². The average molecular weight is 271 g/mol. The first kappa shape index (κ1) is 14.7. The second kappa shape index (κ2) is 5.76. The maximum absolute atomic E-state index is 14.1. The molecule has 2 heteroatoms. The molecule has 0 unspecified atom stereocenters. The number of hydrogen-bond acceptors (Lipinski definition) is 1. The van der Waals surface area contributed by atoms with E-state index in [1.165, 1.54) is 22.3 Å². The number of aryl methyl sites for hydroxylation is 2. The van der Waals surface area contributed by atoms with Crippen molar-refractivity contribution in [2.75, 3.05) is 7.05 Å². The zero-order chi connectivity index (χ0) is 14.9. The number of nitrogens with one attached hydrogen (secondary N) is 1. The third-order valence-electron chi connectivity index (χ3n) is 4.07. The van der Waals surface area contributed by atoms with Crippen molar-refractivity contribution in [2.24, 2.45) is 0 Å². The molecule has 0 heterocycles. The number of hydrogen-bond donors (Lipinski definition) is 1. The van der Waals surface area contributed by atoms with Crippen molar-refractivity contribution in [3.8, 4) is 11.1 Å². The Bertz CT molecular complexity index is 618. The smallest absolute Gasteiger partial charge is 0.128 e. The zero-order valence-electron chi connectivity index (χ0n) is 12.9. The first-order chi connectivity index (χ1) is 9.45. The first-order valence-electron chi connectivity index (χ1n) is 6.96. The van der Waals surface area contributed by atoms with E-state index < -0.39 is 0 Å². The number of benzene rings is 2. The van der Waals surface area contributed by atoms with Gasteiger partial charge < -0.3 is 5.32 Å². The molecule has 0 aliphatic rings. The zero-order valence-corrected chi connectivity index (χ0v) is 12.9. The lowest BCUT2D eigenvalue weighted by Crippen LogP contribution is -2.07. The largest absolute Gasteiger partial charge is 0.316 e. The molecule has 0 aromatic heterocycles. The molecule has 2 rings (SSSR count).